The molecule has 0 aliphatic heterocycles. The molecule has 0 radical (unpaired) electrons. The molecular formula is C17H15ClN2O4. The minimum atomic E-state index is -1.05. The number of benzene rings is 1. The Balaban J connectivity index is 2.59. The molecule has 3 rings (SSSR count). The van der Waals surface area contributed by atoms with Crippen molar-refractivity contribution in [3.05, 3.63) is 45.2 Å². The lowest BCUT2D eigenvalue weighted by Gasteiger charge is -2.17. The van der Waals surface area contributed by atoms with Crippen LogP contribution in [0.2, 0.25) is 5.02 Å². The predicted molar refractivity (Wildman–Crippen MR) is 92.1 cm³/mol. The van der Waals surface area contributed by atoms with Crippen LogP contribution in [0.25, 0.3) is 21.9 Å². The number of ether oxygens (including phenoxy) is 1. The Hall–Kier alpha value is -2.60. The van der Waals surface area contributed by atoms with Gasteiger partial charge in [0, 0.05) is 5.69 Å². The third kappa shape index (κ3) is 2.59. The van der Waals surface area contributed by atoms with E-state index in [-0.39, 0.29) is 12.0 Å². The monoisotopic (exact) mass is 346 g/mol. The maximum Gasteiger partial charge on any atom is 0.323 e. The first kappa shape index (κ1) is 16.3. The average molecular weight is 347 g/mol. The van der Waals surface area contributed by atoms with E-state index in [0.29, 0.717) is 45.0 Å². The summed E-state index contributed by atoms with van der Waals surface area (Å²) in [6, 6.07) is 6.54. The van der Waals surface area contributed by atoms with Gasteiger partial charge in [0.2, 0.25) is 0 Å². The van der Waals surface area contributed by atoms with E-state index in [1.165, 1.54) is 4.57 Å². The minimum Gasteiger partial charge on any atom is -0.490 e. The fourth-order valence-electron chi connectivity index (χ4n) is 2.75. The number of nitrogens with zero attached hydrogens (tertiary/aromatic N) is 2. The highest BCUT2D eigenvalue weighted by Gasteiger charge is 2.19. The van der Waals surface area contributed by atoms with Gasteiger partial charge in [0.1, 0.15) is 12.2 Å². The van der Waals surface area contributed by atoms with Crippen molar-refractivity contribution in [2.75, 3.05) is 6.61 Å². The van der Waals surface area contributed by atoms with Gasteiger partial charge in [-0.2, -0.15) is 0 Å². The zero-order chi connectivity index (χ0) is 17.4. The molecule has 0 unspecified atom stereocenters. The van der Waals surface area contributed by atoms with E-state index < -0.39 is 5.97 Å². The number of fused-ring (bicyclic) bond motifs is 2. The van der Waals surface area contributed by atoms with Gasteiger partial charge in [-0.1, -0.05) is 11.6 Å². The molecule has 2 heterocycles. The summed E-state index contributed by atoms with van der Waals surface area (Å²) in [5.41, 5.74) is 1.10. The van der Waals surface area contributed by atoms with Crippen LogP contribution in [0.4, 0.5) is 0 Å². The summed E-state index contributed by atoms with van der Waals surface area (Å²) in [5, 5.41) is 10.3. The molecule has 1 N–H and O–H groups in total. The molecule has 1 aromatic carbocycles. The maximum absolute atomic E-state index is 12.8. The van der Waals surface area contributed by atoms with Gasteiger partial charge in [-0.05, 0) is 38.1 Å². The van der Waals surface area contributed by atoms with Crippen molar-refractivity contribution >= 4 is 39.5 Å². The Morgan fingerprint density at radius 1 is 1.29 bits per heavy atom. The van der Waals surface area contributed by atoms with Crippen molar-refractivity contribution in [1.29, 1.82) is 0 Å². The summed E-state index contributed by atoms with van der Waals surface area (Å²) in [7, 11) is 0. The third-order valence-electron chi connectivity index (χ3n) is 3.69. The van der Waals surface area contributed by atoms with Crippen LogP contribution in [0.1, 0.15) is 12.6 Å². The van der Waals surface area contributed by atoms with Gasteiger partial charge >= 0.3 is 5.97 Å². The molecule has 2 aromatic heterocycles. The van der Waals surface area contributed by atoms with E-state index in [1.54, 1.807) is 38.1 Å². The van der Waals surface area contributed by atoms with Crippen molar-refractivity contribution in [2.45, 2.75) is 20.4 Å². The van der Waals surface area contributed by atoms with Crippen LogP contribution in [0.3, 0.4) is 0 Å². The molecule has 7 heteroatoms. The lowest BCUT2D eigenvalue weighted by atomic mass is 10.1. The van der Waals surface area contributed by atoms with Crippen molar-refractivity contribution in [1.82, 2.24) is 9.55 Å². The van der Waals surface area contributed by atoms with Gasteiger partial charge in [-0.15, -0.1) is 0 Å². The normalized spacial score (nSPS) is 11.1. The van der Waals surface area contributed by atoms with E-state index in [1.807, 2.05) is 0 Å². The lowest BCUT2D eigenvalue weighted by molar-refractivity contribution is -0.137. The summed E-state index contributed by atoms with van der Waals surface area (Å²) in [5.74, 6) is -0.757. The van der Waals surface area contributed by atoms with Crippen LogP contribution in [-0.2, 0) is 11.3 Å². The topological polar surface area (TPSA) is 81.4 Å². The summed E-state index contributed by atoms with van der Waals surface area (Å²) >= 11 is 6.22. The van der Waals surface area contributed by atoms with Gasteiger partial charge in [0.15, 0.2) is 11.2 Å². The highest BCUT2D eigenvalue weighted by Crippen LogP contribution is 2.34. The standard InChI is InChI=1S/C17H15ClN2O4/c1-3-24-16-12(18)7-6-10-14(16)20(8-13(21)22)17-11(15(10)23)5-4-9(2)19-17/h4-7H,3,8H2,1-2H3,(H,21,22). The molecule has 0 fully saturated rings. The molecule has 0 saturated heterocycles. The number of hydrogen-bond donors (Lipinski definition) is 1. The quantitative estimate of drug-likeness (QED) is 0.734. The Labute approximate surface area is 142 Å². The van der Waals surface area contributed by atoms with Gasteiger partial charge in [-0.3, -0.25) is 9.59 Å². The van der Waals surface area contributed by atoms with Crippen LogP contribution < -0.4 is 10.2 Å². The molecule has 0 spiro atoms. The van der Waals surface area contributed by atoms with Crippen LogP contribution in [0, 0.1) is 6.92 Å². The van der Waals surface area contributed by atoms with E-state index >= 15 is 0 Å². The van der Waals surface area contributed by atoms with Crippen molar-refractivity contribution in [3.8, 4) is 5.75 Å². The first-order valence-corrected chi connectivity index (χ1v) is 7.78. The van der Waals surface area contributed by atoms with Crippen LogP contribution >= 0.6 is 11.6 Å². The van der Waals surface area contributed by atoms with E-state index in [9.17, 15) is 14.7 Å². The van der Waals surface area contributed by atoms with Crippen LogP contribution in [-0.4, -0.2) is 27.2 Å². The second-order valence-corrected chi connectivity index (χ2v) is 5.75. The second kappa shape index (κ2) is 6.13. The van der Waals surface area contributed by atoms with Crippen LogP contribution in [0.5, 0.6) is 5.75 Å². The highest BCUT2D eigenvalue weighted by atomic mass is 35.5. The molecule has 124 valence electrons. The first-order valence-electron chi connectivity index (χ1n) is 7.41. The molecular weight excluding hydrogens is 332 g/mol. The number of carboxylic acid groups (broad SMARTS) is 1. The molecule has 0 bridgehead atoms. The van der Waals surface area contributed by atoms with Crippen LogP contribution in [0.15, 0.2) is 29.1 Å². The molecule has 0 atom stereocenters. The zero-order valence-corrected chi connectivity index (χ0v) is 13.9. The number of rotatable bonds is 4. The largest absolute Gasteiger partial charge is 0.490 e. The summed E-state index contributed by atoms with van der Waals surface area (Å²) < 4.78 is 7.06. The minimum absolute atomic E-state index is 0.230. The first-order chi connectivity index (χ1) is 11.4. The predicted octanol–water partition coefficient (Wildman–Crippen LogP) is 2.99. The van der Waals surface area contributed by atoms with Gasteiger partial charge < -0.3 is 14.4 Å². The number of halogens is 1. The van der Waals surface area contributed by atoms with Crippen molar-refractivity contribution in [2.24, 2.45) is 0 Å². The van der Waals surface area contributed by atoms with E-state index in [4.69, 9.17) is 16.3 Å². The summed E-state index contributed by atoms with van der Waals surface area (Å²) in [6.45, 7) is 3.54. The fraction of sp³-hybridized carbons (Fsp3) is 0.235. The number of aryl methyl sites for hydroxylation is 1. The van der Waals surface area contributed by atoms with Gasteiger partial charge in [0.25, 0.3) is 0 Å². The molecule has 0 aliphatic carbocycles. The second-order valence-electron chi connectivity index (χ2n) is 5.34. The highest BCUT2D eigenvalue weighted by molar-refractivity contribution is 6.33. The van der Waals surface area contributed by atoms with E-state index in [2.05, 4.69) is 4.98 Å². The number of carbonyl (C=O) groups is 1. The Morgan fingerprint density at radius 2 is 2.00 bits per heavy atom. The molecule has 24 heavy (non-hydrogen) atoms. The SMILES string of the molecule is CCOc1c(Cl)ccc2c(=O)c3ccc(C)nc3n(CC(=O)O)c12. The molecule has 3 aromatic rings. The molecule has 0 saturated carbocycles. The fourth-order valence-corrected chi connectivity index (χ4v) is 2.95. The van der Waals surface area contributed by atoms with E-state index in [0.717, 1.165) is 0 Å². The number of aromatic nitrogens is 2. The number of carboxylic acids is 1. The van der Waals surface area contributed by atoms with Gasteiger partial charge in [-0.25, -0.2) is 4.98 Å². The Morgan fingerprint density at radius 3 is 2.67 bits per heavy atom. The average Bonchev–Trinajstić information content (AvgIpc) is 2.53. The number of aliphatic carboxylic acids is 1. The lowest BCUT2D eigenvalue weighted by Crippen LogP contribution is -2.18. The number of hydrogen-bond acceptors (Lipinski definition) is 4. The zero-order valence-electron chi connectivity index (χ0n) is 13.2. The Bertz CT molecular complexity index is 1030. The summed E-state index contributed by atoms with van der Waals surface area (Å²) in [6.07, 6.45) is 0. The molecule has 6 nitrogen and oxygen atoms in total. The summed E-state index contributed by atoms with van der Waals surface area (Å²) in [4.78, 5) is 28.6. The van der Waals surface area contributed by atoms with Crippen molar-refractivity contribution in [3.63, 3.8) is 0 Å². The molecule has 0 aliphatic rings. The molecule has 0 amide bonds. The third-order valence-corrected chi connectivity index (χ3v) is 3.99. The maximum atomic E-state index is 12.8. The smallest absolute Gasteiger partial charge is 0.323 e. The Kier molecular flexibility index (Phi) is 4.15. The van der Waals surface area contributed by atoms with Gasteiger partial charge in [0.05, 0.1) is 27.9 Å². The van der Waals surface area contributed by atoms with Crippen molar-refractivity contribution < 1.29 is 14.6 Å². The number of pyridine rings is 2.